The minimum Gasteiger partial charge on any atom is -0.444 e. The van der Waals surface area contributed by atoms with Crippen molar-refractivity contribution < 1.29 is 9.53 Å². The molecule has 0 atom stereocenters. The number of hydrogen-bond acceptors (Lipinski definition) is 3. The molecule has 5 heteroatoms. The lowest BCUT2D eigenvalue weighted by molar-refractivity contribution is 0.0635. The van der Waals surface area contributed by atoms with Crippen LogP contribution in [0.25, 0.3) is 0 Å². The van der Waals surface area contributed by atoms with E-state index in [2.05, 4.69) is 15.5 Å². The number of rotatable bonds is 2. The van der Waals surface area contributed by atoms with Gasteiger partial charge in [-0.05, 0) is 27.2 Å². The molecule has 0 unspecified atom stereocenters. The quantitative estimate of drug-likeness (QED) is 0.788. The van der Waals surface area contributed by atoms with E-state index in [1.165, 1.54) is 0 Å². The summed E-state index contributed by atoms with van der Waals surface area (Å²) in [5.74, 6) is 0.603. The fourth-order valence-electron chi connectivity index (χ4n) is 1.09. The van der Waals surface area contributed by atoms with E-state index in [4.69, 9.17) is 4.74 Å². The van der Waals surface area contributed by atoms with Crippen LogP contribution in [0.2, 0.25) is 0 Å². The lowest BCUT2D eigenvalue weighted by atomic mass is 10.2. The Bertz CT molecular complexity index is 339. The summed E-state index contributed by atoms with van der Waals surface area (Å²) in [7, 11) is 0. The van der Waals surface area contributed by atoms with Gasteiger partial charge in [-0.1, -0.05) is 6.92 Å². The first-order chi connectivity index (χ1) is 6.92. The molecule has 1 aromatic rings. The fraction of sp³-hybridized carbons (Fsp3) is 0.600. The van der Waals surface area contributed by atoms with E-state index < -0.39 is 11.7 Å². The average Bonchev–Trinajstić information content (AvgIpc) is 2.48. The highest BCUT2D eigenvalue weighted by Crippen LogP contribution is 2.13. The van der Waals surface area contributed by atoms with Gasteiger partial charge in [-0.2, -0.15) is 5.10 Å². The summed E-state index contributed by atoms with van der Waals surface area (Å²) in [5.41, 5.74) is 0.470. The summed E-state index contributed by atoms with van der Waals surface area (Å²) >= 11 is 0. The highest BCUT2D eigenvalue weighted by Gasteiger charge is 2.17. The van der Waals surface area contributed by atoms with Crippen LogP contribution in [0.15, 0.2) is 6.20 Å². The van der Waals surface area contributed by atoms with Crippen molar-refractivity contribution in [1.29, 1.82) is 0 Å². The van der Waals surface area contributed by atoms with Crippen LogP contribution >= 0.6 is 0 Å². The Morgan fingerprint density at radius 1 is 1.60 bits per heavy atom. The normalized spacial score (nSPS) is 11.2. The highest BCUT2D eigenvalue weighted by molar-refractivity contribution is 5.84. The van der Waals surface area contributed by atoms with Gasteiger partial charge >= 0.3 is 6.09 Å². The molecule has 84 valence electrons. The van der Waals surface area contributed by atoms with Crippen molar-refractivity contribution in [3.63, 3.8) is 0 Å². The number of carbonyl (C=O) groups excluding carboxylic acids is 1. The Kier molecular flexibility index (Phi) is 3.34. The molecule has 0 bridgehead atoms. The van der Waals surface area contributed by atoms with Crippen molar-refractivity contribution in [2.45, 2.75) is 39.7 Å². The zero-order chi connectivity index (χ0) is 11.5. The van der Waals surface area contributed by atoms with Crippen molar-refractivity contribution in [3.8, 4) is 0 Å². The molecule has 0 radical (unpaired) electrons. The first kappa shape index (κ1) is 11.6. The smallest absolute Gasteiger partial charge is 0.413 e. The predicted molar refractivity (Wildman–Crippen MR) is 57.8 cm³/mol. The summed E-state index contributed by atoms with van der Waals surface area (Å²) < 4.78 is 5.11. The molecule has 0 aliphatic carbocycles. The summed E-state index contributed by atoms with van der Waals surface area (Å²) in [6.07, 6.45) is 2.02. The van der Waals surface area contributed by atoms with Gasteiger partial charge in [-0.3, -0.25) is 10.4 Å². The van der Waals surface area contributed by atoms with Crippen molar-refractivity contribution in [2.75, 3.05) is 5.32 Å². The van der Waals surface area contributed by atoms with Gasteiger partial charge in [0.15, 0.2) is 0 Å². The number of nitrogens with zero attached hydrogens (tertiary/aromatic N) is 1. The average molecular weight is 211 g/mol. The highest BCUT2D eigenvalue weighted by atomic mass is 16.6. The minimum absolute atomic E-state index is 0.471. The third kappa shape index (κ3) is 3.61. The number of aryl methyl sites for hydroxylation is 1. The Labute approximate surface area is 89.2 Å². The lowest BCUT2D eigenvalue weighted by Crippen LogP contribution is -2.27. The molecule has 0 saturated carbocycles. The number of anilines is 1. The third-order valence-electron chi connectivity index (χ3n) is 1.72. The van der Waals surface area contributed by atoms with Crippen LogP contribution in [0.3, 0.4) is 0 Å². The maximum Gasteiger partial charge on any atom is 0.413 e. The minimum atomic E-state index is -0.490. The van der Waals surface area contributed by atoms with Crippen LogP contribution in [0.5, 0.6) is 0 Å². The van der Waals surface area contributed by atoms with Crippen LogP contribution in [0.1, 0.15) is 33.3 Å². The molecular weight excluding hydrogens is 194 g/mol. The van der Waals surface area contributed by atoms with E-state index in [0.717, 1.165) is 12.0 Å². The van der Waals surface area contributed by atoms with E-state index in [0.29, 0.717) is 5.82 Å². The second-order valence-electron chi connectivity index (χ2n) is 4.25. The second-order valence-corrected chi connectivity index (χ2v) is 4.25. The number of aromatic nitrogens is 2. The molecule has 5 nitrogen and oxygen atoms in total. The van der Waals surface area contributed by atoms with Crippen LogP contribution < -0.4 is 5.32 Å². The standard InChI is InChI=1S/C10H17N3O2/c1-5-7-6-11-13-8(7)12-9(14)15-10(2,3)4/h6H,5H2,1-4H3,(H2,11,12,13,14). The van der Waals surface area contributed by atoms with Crippen LogP contribution in [0.4, 0.5) is 10.6 Å². The van der Waals surface area contributed by atoms with E-state index in [9.17, 15) is 4.79 Å². The van der Waals surface area contributed by atoms with Gasteiger partial charge in [0.25, 0.3) is 0 Å². The number of H-pyrrole nitrogens is 1. The summed E-state index contributed by atoms with van der Waals surface area (Å²) in [4.78, 5) is 11.4. The number of nitrogens with one attached hydrogen (secondary N) is 2. The number of amides is 1. The molecule has 0 fully saturated rings. The molecule has 0 aromatic carbocycles. The number of aromatic amines is 1. The zero-order valence-electron chi connectivity index (χ0n) is 9.55. The molecule has 0 spiro atoms. The monoisotopic (exact) mass is 211 g/mol. The Balaban J connectivity index is 2.59. The van der Waals surface area contributed by atoms with Crippen molar-refractivity contribution in [3.05, 3.63) is 11.8 Å². The van der Waals surface area contributed by atoms with Gasteiger partial charge in [-0.15, -0.1) is 0 Å². The van der Waals surface area contributed by atoms with E-state index in [1.807, 2.05) is 27.7 Å². The van der Waals surface area contributed by atoms with Gasteiger partial charge in [-0.25, -0.2) is 4.79 Å². The van der Waals surface area contributed by atoms with Crippen molar-refractivity contribution in [1.82, 2.24) is 10.2 Å². The van der Waals surface area contributed by atoms with E-state index in [1.54, 1.807) is 6.20 Å². The summed E-state index contributed by atoms with van der Waals surface area (Å²) in [6, 6.07) is 0. The van der Waals surface area contributed by atoms with E-state index >= 15 is 0 Å². The van der Waals surface area contributed by atoms with Crippen LogP contribution in [0, 0.1) is 0 Å². The predicted octanol–water partition coefficient (Wildman–Crippen LogP) is 2.32. The molecule has 15 heavy (non-hydrogen) atoms. The van der Waals surface area contributed by atoms with Gasteiger partial charge in [0.2, 0.25) is 0 Å². The first-order valence-electron chi connectivity index (χ1n) is 4.94. The molecule has 0 saturated heterocycles. The third-order valence-corrected chi connectivity index (χ3v) is 1.72. The van der Waals surface area contributed by atoms with E-state index in [-0.39, 0.29) is 0 Å². The van der Waals surface area contributed by atoms with Gasteiger partial charge in [0.1, 0.15) is 11.4 Å². The molecule has 0 aliphatic rings. The van der Waals surface area contributed by atoms with Crippen LogP contribution in [-0.2, 0) is 11.2 Å². The van der Waals surface area contributed by atoms with Crippen molar-refractivity contribution >= 4 is 11.9 Å². The SMILES string of the molecule is CCc1cn[nH]c1NC(=O)OC(C)(C)C. The number of hydrogen-bond donors (Lipinski definition) is 2. The number of carbonyl (C=O) groups is 1. The topological polar surface area (TPSA) is 67.0 Å². The van der Waals surface area contributed by atoms with Gasteiger partial charge < -0.3 is 4.74 Å². The molecular formula is C10H17N3O2. The van der Waals surface area contributed by atoms with Gasteiger partial charge in [0, 0.05) is 5.56 Å². The fourth-order valence-corrected chi connectivity index (χ4v) is 1.09. The Hall–Kier alpha value is -1.52. The summed E-state index contributed by atoms with van der Waals surface area (Å²) in [6.45, 7) is 7.45. The van der Waals surface area contributed by atoms with Crippen molar-refractivity contribution in [2.24, 2.45) is 0 Å². The second kappa shape index (κ2) is 4.33. The lowest BCUT2D eigenvalue weighted by Gasteiger charge is -2.19. The Morgan fingerprint density at radius 3 is 2.80 bits per heavy atom. The molecule has 1 amide bonds. The molecule has 1 aromatic heterocycles. The number of ether oxygens (including phenoxy) is 1. The van der Waals surface area contributed by atoms with Crippen LogP contribution in [-0.4, -0.2) is 21.9 Å². The zero-order valence-corrected chi connectivity index (χ0v) is 9.55. The molecule has 0 aliphatic heterocycles. The largest absolute Gasteiger partial charge is 0.444 e. The van der Waals surface area contributed by atoms with Gasteiger partial charge in [0.05, 0.1) is 6.20 Å². The Morgan fingerprint density at radius 2 is 2.27 bits per heavy atom. The molecule has 1 rings (SSSR count). The molecule has 1 heterocycles. The maximum absolute atomic E-state index is 11.4. The molecule has 2 N–H and O–H groups in total. The first-order valence-corrected chi connectivity index (χ1v) is 4.94. The maximum atomic E-state index is 11.4. The summed E-state index contributed by atoms with van der Waals surface area (Å²) in [5, 5.41) is 9.18.